The van der Waals surface area contributed by atoms with Gasteiger partial charge in [-0.2, -0.15) is 0 Å². The van der Waals surface area contributed by atoms with Crippen LogP contribution in [0.25, 0.3) is 0 Å². The second kappa shape index (κ2) is 7.62. The van der Waals surface area contributed by atoms with Crippen molar-refractivity contribution in [3.63, 3.8) is 0 Å². The number of aryl methyl sites for hydroxylation is 3. The van der Waals surface area contributed by atoms with Gasteiger partial charge in [0.05, 0.1) is 0 Å². The predicted octanol–water partition coefficient (Wildman–Crippen LogP) is 4.37. The monoisotopic (exact) mass is 388 g/mol. The molecule has 0 aliphatic carbocycles. The Labute approximate surface area is 151 Å². The highest BCUT2D eigenvalue weighted by Crippen LogP contribution is 2.23. The molecule has 0 aliphatic rings. The number of amides is 2. The van der Waals surface area contributed by atoms with Crippen LogP contribution in [0.4, 0.5) is 11.4 Å². The Morgan fingerprint density at radius 3 is 2.33 bits per heavy atom. The van der Waals surface area contributed by atoms with Crippen molar-refractivity contribution < 1.29 is 9.59 Å². The third kappa shape index (κ3) is 4.45. The Kier molecular flexibility index (Phi) is 5.78. The van der Waals surface area contributed by atoms with Gasteiger partial charge < -0.3 is 10.2 Å². The lowest BCUT2D eigenvalue weighted by atomic mass is 10.1. The normalized spacial score (nSPS) is 10.4. The molecule has 2 rings (SSSR count). The number of carbonyl (C=O) groups is 2. The van der Waals surface area contributed by atoms with Crippen LogP contribution in [0.2, 0.25) is 0 Å². The van der Waals surface area contributed by atoms with Gasteiger partial charge in [0.2, 0.25) is 11.8 Å². The Bertz CT molecular complexity index is 787. The SMILES string of the molecule is CC(=O)N(CC(=O)Nc1ccc(Br)cc1C)c1ccc(C)cc1C. The first-order chi connectivity index (χ1) is 11.3. The van der Waals surface area contributed by atoms with E-state index in [9.17, 15) is 9.59 Å². The summed E-state index contributed by atoms with van der Waals surface area (Å²) in [6, 6.07) is 11.5. The number of hydrogen-bond donors (Lipinski definition) is 1. The van der Waals surface area contributed by atoms with Crippen LogP contribution in [0.1, 0.15) is 23.6 Å². The molecule has 0 saturated carbocycles. The van der Waals surface area contributed by atoms with E-state index in [4.69, 9.17) is 0 Å². The lowest BCUT2D eigenvalue weighted by molar-refractivity contribution is -0.120. The van der Waals surface area contributed by atoms with Gasteiger partial charge in [-0.05, 0) is 56.2 Å². The molecular formula is C19H21BrN2O2. The van der Waals surface area contributed by atoms with Gasteiger partial charge in [-0.25, -0.2) is 0 Å². The Morgan fingerprint density at radius 1 is 1.04 bits per heavy atom. The molecule has 0 fully saturated rings. The Hall–Kier alpha value is -2.14. The molecule has 0 bridgehead atoms. The summed E-state index contributed by atoms with van der Waals surface area (Å²) >= 11 is 3.40. The third-order valence-corrected chi connectivity index (χ3v) is 4.28. The molecule has 0 heterocycles. The number of anilines is 2. The number of carbonyl (C=O) groups excluding carboxylic acids is 2. The average molecular weight is 389 g/mol. The molecule has 24 heavy (non-hydrogen) atoms. The van der Waals surface area contributed by atoms with Gasteiger partial charge in [0.1, 0.15) is 6.54 Å². The van der Waals surface area contributed by atoms with Gasteiger partial charge in [-0.15, -0.1) is 0 Å². The van der Waals surface area contributed by atoms with E-state index in [2.05, 4.69) is 21.2 Å². The quantitative estimate of drug-likeness (QED) is 0.845. The fourth-order valence-corrected chi connectivity index (χ4v) is 3.05. The van der Waals surface area contributed by atoms with Crippen molar-refractivity contribution in [1.82, 2.24) is 0 Å². The van der Waals surface area contributed by atoms with Gasteiger partial charge in [0.15, 0.2) is 0 Å². The minimum Gasteiger partial charge on any atom is -0.324 e. The molecule has 0 saturated heterocycles. The Balaban J connectivity index is 2.18. The fourth-order valence-electron chi connectivity index (χ4n) is 2.58. The van der Waals surface area contributed by atoms with Crippen LogP contribution in [0.3, 0.4) is 0 Å². The molecule has 0 radical (unpaired) electrons. The third-order valence-electron chi connectivity index (χ3n) is 3.79. The lowest BCUT2D eigenvalue weighted by Crippen LogP contribution is -2.37. The molecule has 2 aromatic carbocycles. The number of nitrogens with zero attached hydrogens (tertiary/aromatic N) is 1. The maximum Gasteiger partial charge on any atom is 0.244 e. The first-order valence-corrected chi connectivity index (χ1v) is 8.48. The highest BCUT2D eigenvalue weighted by atomic mass is 79.9. The van der Waals surface area contributed by atoms with Crippen LogP contribution in [0.15, 0.2) is 40.9 Å². The van der Waals surface area contributed by atoms with Gasteiger partial charge in [-0.3, -0.25) is 9.59 Å². The summed E-state index contributed by atoms with van der Waals surface area (Å²) < 4.78 is 0.957. The van der Waals surface area contributed by atoms with Crippen molar-refractivity contribution >= 4 is 39.1 Å². The second-order valence-corrected chi connectivity index (χ2v) is 6.82. The molecule has 0 aromatic heterocycles. The summed E-state index contributed by atoms with van der Waals surface area (Å²) in [5.74, 6) is -0.389. The standard InChI is InChI=1S/C19H21BrN2O2/c1-12-5-8-18(14(3)9-12)22(15(4)23)11-19(24)21-17-7-6-16(20)10-13(17)2/h5-10H,11H2,1-4H3,(H,21,24). The number of rotatable bonds is 4. The molecule has 4 nitrogen and oxygen atoms in total. The number of benzene rings is 2. The van der Waals surface area contributed by atoms with E-state index in [1.165, 1.54) is 11.8 Å². The summed E-state index contributed by atoms with van der Waals surface area (Å²) in [7, 11) is 0. The van der Waals surface area contributed by atoms with E-state index in [0.29, 0.717) is 0 Å². The van der Waals surface area contributed by atoms with E-state index < -0.39 is 0 Å². The first-order valence-electron chi connectivity index (χ1n) is 7.69. The van der Waals surface area contributed by atoms with E-state index in [-0.39, 0.29) is 18.4 Å². The van der Waals surface area contributed by atoms with Crippen molar-refractivity contribution in [1.29, 1.82) is 0 Å². The largest absolute Gasteiger partial charge is 0.324 e. The Morgan fingerprint density at radius 2 is 1.75 bits per heavy atom. The van der Waals surface area contributed by atoms with Crippen molar-refractivity contribution in [2.75, 3.05) is 16.8 Å². The van der Waals surface area contributed by atoms with E-state index in [1.54, 1.807) is 0 Å². The van der Waals surface area contributed by atoms with Gasteiger partial charge >= 0.3 is 0 Å². The minimum atomic E-state index is -0.226. The predicted molar refractivity (Wildman–Crippen MR) is 101 cm³/mol. The molecule has 2 aromatic rings. The van der Waals surface area contributed by atoms with E-state index in [1.807, 2.05) is 57.2 Å². The maximum atomic E-state index is 12.4. The topological polar surface area (TPSA) is 49.4 Å². The molecule has 0 spiro atoms. The molecule has 5 heteroatoms. The molecular weight excluding hydrogens is 368 g/mol. The van der Waals surface area contributed by atoms with Crippen LogP contribution in [0, 0.1) is 20.8 Å². The van der Waals surface area contributed by atoms with Crippen LogP contribution in [-0.2, 0) is 9.59 Å². The second-order valence-electron chi connectivity index (χ2n) is 5.90. The van der Waals surface area contributed by atoms with E-state index >= 15 is 0 Å². The lowest BCUT2D eigenvalue weighted by Gasteiger charge is -2.23. The van der Waals surface area contributed by atoms with Gasteiger partial charge in [0, 0.05) is 22.8 Å². The summed E-state index contributed by atoms with van der Waals surface area (Å²) in [4.78, 5) is 25.9. The van der Waals surface area contributed by atoms with Crippen molar-refractivity contribution in [3.8, 4) is 0 Å². The minimum absolute atomic E-state index is 0.0191. The van der Waals surface area contributed by atoms with Crippen LogP contribution >= 0.6 is 15.9 Å². The van der Waals surface area contributed by atoms with Crippen LogP contribution < -0.4 is 10.2 Å². The van der Waals surface area contributed by atoms with Crippen molar-refractivity contribution in [2.45, 2.75) is 27.7 Å². The highest BCUT2D eigenvalue weighted by Gasteiger charge is 2.18. The van der Waals surface area contributed by atoms with Crippen molar-refractivity contribution in [2.24, 2.45) is 0 Å². The van der Waals surface area contributed by atoms with E-state index in [0.717, 1.165) is 32.5 Å². The summed E-state index contributed by atoms with van der Waals surface area (Å²) in [6.07, 6.45) is 0. The summed E-state index contributed by atoms with van der Waals surface area (Å²) in [6.45, 7) is 7.31. The number of nitrogens with one attached hydrogen (secondary N) is 1. The zero-order chi connectivity index (χ0) is 17.9. The maximum absolute atomic E-state index is 12.4. The average Bonchev–Trinajstić information content (AvgIpc) is 2.48. The smallest absolute Gasteiger partial charge is 0.244 e. The van der Waals surface area contributed by atoms with Crippen molar-refractivity contribution in [3.05, 3.63) is 57.6 Å². The summed E-state index contributed by atoms with van der Waals surface area (Å²) in [5.41, 5.74) is 4.55. The van der Waals surface area contributed by atoms with Gasteiger partial charge in [-0.1, -0.05) is 33.6 Å². The molecule has 0 atom stereocenters. The molecule has 2 amide bonds. The molecule has 126 valence electrons. The van der Waals surface area contributed by atoms with Crippen LogP contribution in [0.5, 0.6) is 0 Å². The zero-order valence-electron chi connectivity index (χ0n) is 14.3. The fraction of sp³-hybridized carbons (Fsp3) is 0.263. The summed E-state index contributed by atoms with van der Waals surface area (Å²) in [5, 5.41) is 2.87. The van der Waals surface area contributed by atoms with Crippen LogP contribution in [-0.4, -0.2) is 18.4 Å². The molecule has 0 unspecified atom stereocenters. The zero-order valence-corrected chi connectivity index (χ0v) is 15.9. The van der Waals surface area contributed by atoms with Gasteiger partial charge in [0.25, 0.3) is 0 Å². The number of hydrogen-bond acceptors (Lipinski definition) is 2. The molecule has 0 aliphatic heterocycles. The number of halogens is 1. The molecule has 1 N–H and O–H groups in total. The highest BCUT2D eigenvalue weighted by molar-refractivity contribution is 9.10. The first kappa shape index (κ1) is 18.2.